The number of hydrogen-bond donors (Lipinski definition) is 2. The molecule has 116 valence electrons. The summed E-state index contributed by atoms with van der Waals surface area (Å²) in [5.41, 5.74) is 5.71. The minimum atomic E-state index is -0.523. The van der Waals surface area contributed by atoms with E-state index in [0.29, 0.717) is 0 Å². The van der Waals surface area contributed by atoms with Gasteiger partial charge in [0.05, 0.1) is 24.5 Å². The molecular formula is C14H20N2O5. The number of esters is 1. The number of benzene rings is 1. The molecule has 0 heterocycles. The fourth-order valence-corrected chi connectivity index (χ4v) is 1.72. The molecule has 1 aromatic rings. The standard InChI is InChI=1S/C14H20N2O5/c1-3-21-12(17)9-16(7-8-20-2)14(19)10-5-4-6-11(15)13(10)18/h4-6,18H,3,7-9,15H2,1-2H3. The summed E-state index contributed by atoms with van der Waals surface area (Å²) in [4.78, 5) is 25.2. The molecule has 0 atom stereocenters. The van der Waals surface area contributed by atoms with Gasteiger partial charge in [-0.05, 0) is 19.1 Å². The molecule has 21 heavy (non-hydrogen) atoms. The third-order valence-corrected chi connectivity index (χ3v) is 2.78. The van der Waals surface area contributed by atoms with Gasteiger partial charge >= 0.3 is 5.97 Å². The van der Waals surface area contributed by atoms with Crippen LogP contribution in [0, 0.1) is 0 Å². The molecule has 0 aliphatic heterocycles. The summed E-state index contributed by atoms with van der Waals surface area (Å²) in [5, 5.41) is 9.86. The van der Waals surface area contributed by atoms with Crippen LogP contribution in [0.15, 0.2) is 18.2 Å². The Kier molecular flexibility index (Phi) is 6.48. The van der Waals surface area contributed by atoms with Gasteiger partial charge in [-0.3, -0.25) is 9.59 Å². The third kappa shape index (κ3) is 4.64. The number of para-hydroxylation sites is 1. The number of anilines is 1. The molecule has 1 aromatic carbocycles. The van der Waals surface area contributed by atoms with Crippen LogP contribution < -0.4 is 5.73 Å². The molecule has 0 aromatic heterocycles. The summed E-state index contributed by atoms with van der Waals surface area (Å²) in [6, 6.07) is 4.48. The zero-order chi connectivity index (χ0) is 15.8. The topological polar surface area (TPSA) is 102 Å². The number of ether oxygens (including phenoxy) is 2. The fraction of sp³-hybridized carbons (Fsp3) is 0.429. The highest BCUT2D eigenvalue weighted by Crippen LogP contribution is 2.25. The smallest absolute Gasteiger partial charge is 0.325 e. The van der Waals surface area contributed by atoms with Crippen LogP contribution in [0.5, 0.6) is 5.75 Å². The highest BCUT2D eigenvalue weighted by molar-refractivity contribution is 5.99. The van der Waals surface area contributed by atoms with Crippen LogP contribution in [0.2, 0.25) is 0 Å². The SMILES string of the molecule is CCOC(=O)CN(CCOC)C(=O)c1cccc(N)c1O. The van der Waals surface area contributed by atoms with Crippen molar-refractivity contribution < 1.29 is 24.2 Å². The Morgan fingerprint density at radius 1 is 1.38 bits per heavy atom. The van der Waals surface area contributed by atoms with Crippen LogP contribution in [0.4, 0.5) is 5.69 Å². The molecule has 0 fully saturated rings. The molecule has 1 amide bonds. The van der Waals surface area contributed by atoms with Gasteiger partial charge in [0.2, 0.25) is 0 Å². The summed E-state index contributed by atoms with van der Waals surface area (Å²) in [5.74, 6) is -1.33. The second-order valence-corrected chi connectivity index (χ2v) is 4.27. The Morgan fingerprint density at radius 3 is 2.71 bits per heavy atom. The maximum atomic E-state index is 12.4. The van der Waals surface area contributed by atoms with Crippen molar-refractivity contribution in [1.29, 1.82) is 0 Å². The summed E-state index contributed by atoms with van der Waals surface area (Å²) < 4.78 is 9.75. The molecule has 0 radical (unpaired) electrons. The Bertz CT molecular complexity index is 504. The van der Waals surface area contributed by atoms with E-state index in [1.54, 1.807) is 13.0 Å². The molecule has 7 nitrogen and oxygen atoms in total. The molecular weight excluding hydrogens is 276 g/mol. The van der Waals surface area contributed by atoms with Crippen molar-refractivity contribution in [1.82, 2.24) is 4.90 Å². The fourth-order valence-electron chi connectivity index (χ4n) is 1.72. The summed E-state index contributed by atoms with van der Waals surface area (Å²) in [6.45, 7) is 2.15. The number of nitrogens with zero attached hydrogens (tertiary/aromatic N) is 1. The number of methoxy groups -OCH3 is 1. The van der Waals surface area contributed by atoms with Crippen molar-refractivity contribution >= 4 is 17.6 Å². The van der Waals surface area contributed by atoms with Crippen LogP contribution in [0.1, 0.15) is 17.3 Å². The first-order valence-electron chi connectivity index (χ1n) is 6.52. The Morgan fingerprint density at radius 2 is 2.10 bits per heavy atom. The van der Waals surface area contributed by atoms with E-state index >= 15 is 0 Å². The zero-order valence-corrected chi connectivity index (χ0v) is 12.2. The highest BCUT2D eigenvalue weighted by Gasteiger charge is 2.22. The Hall–Kier alpha value is -2.28. The Labute approximate surface area is 123 Å². The van der Waals surface area contributed by atoms with Crippen molar-refractivity contribution in [3.05, 3.63) is 23.8 Å². The van der Waals surface area contributed by atoms with E-state index in [9.17, 15) is 14.7 Å². The number of carbonyl (C=O) groups excluding carboxylic acids is 2. The molecule has 0 aliphatic carbocycles. The van der Waals surface area contributed by atoms with Gasteiger partial charge in [0.25, 0.3) is 5.91 Å². The summed E-state index contributed by atoms with van der Waals surface area (Å²) >= 11 is 0. The molecule has 0 spiro atoms. The zero-order valence-electron chi connectivity index (χ0n) is 12.2. The van der Waals surface area contributed by atoms with Gasteiger partial charge in [-0.1, -0.05) is 6.07 Å². The molecule has 0 aliphatic rings. The van der Waals surface area contributed by atoms with Crippen LogP contribution in [0.3, 0.4) is 0 Å². The molecule has 0 saturated carbocycles. The molecule has 0 saturated heterocycles. The number of aromatic hydroxyl groups is 1. The van der Waals surface area contributed by atoms with E-state index in [2.05, 4.69) is 0 Å². The summed E-state index contributed by atoms with van der Waals surface area (Å²) in [7, 11) is 1.49. The molecule has 7 heteroatoms. The molecule has 0 unspecified atom stereocenters. The van der Waals surface area contributed by atoms with Crippen LogP contribution in [0.25, 0.3) is 0 Å². The number of rotatable bonds is 7. The average molecular weight is 296 g/mol. The number of hydrogen-bond acceptors (Lipinski definition) is 6. The lowest BCUT2D eigenvalue weighted by Gasteiger charge is -2.22. The minimum Gasteiger partial charge on any atom is -0.505 e. The van der Waals surface area contributed by atoms with Gasteiger partial charge in [0, 0.05) is 13.7 Å². The number of amides is 1. The van der Waals surface area contributed by atoms with Gasteiger partial charge in [-0.25, -0.2) is 0 Å². The number of nitrogens with two attached hydrogens (primary N) is 1. The third-order valence-electron chi connectivity index (χ3n) is 2.78. The number of phenols is 1. The van der Waals surface area contributed by atoms with E-state index in [1.807, 2.05) is 0 Å². The maximum Gasteiger partial charge on any atom is 0.325 e. The van der Waals surface area contributed by atoms with Crippen molar-refractivity contribution in [2.75, 3.05) is 39.1 Å². The number of phenolic OH excluding ortho intramolecular Hbond substituents is 1. The first-order chi connectivity index (χ1) is 10.0. The average Bonchev–Trinajstić information content (AvgIpc) is 2.46. The first kappa shape index (κ1) is 16.8. The highest BCUT2D eigenvalue weighted by atomic mass is 16.5. The maximum absolute atomic E-state index is 12.4. The first-order valence-corrected chi connectivity index (χ1v) is 6.52. The summed E-state index contributed by atoms with van der Waals surface area (Å²) in [6.07, 6.45) is 0. The van der Waals surface area contributed by atoms with Crippen molar-refractivity contribution in [3.63, 3.8) is 0 Å². The Balaban J connectivity index is 2.93. The van der Waals surface area contributed by atoms with E-state index in [-0.39, 0.29) is 43.3 Å². The lowest BCUT2D eigenvalue weighted by Crippen LogP contribution is -2.38. The number of carbonyl (C=O) groups is 2. The predicted molar refractivity (Wildman–Crippen MR) is 76.9 cm³/mol. The monoisotopic (exact) mass is 296 g/mol. The second-order valence-electron chi connectivity index (χ2n) is 4.27. The van der Waals surface area contributed by atoms with E-state index in [4.69, 9.17) is 15.2 Å². The largest absolute Gasteiger partial charge is 0.505 e. The molecule has 1 rings (SSSR count). The van der Waals surface area contributed by atoms with Gasteiger partial charge in [0.15, 0.2) is 5.75 Å². The number of nitrogen functional groups attached to an aromatic ring is 1. The van der Waals surface area contributed by atoms with Crippen molar-refractivity contribution in [3.8, 4) is 5.75 Å². The van der Waals surface area contributed by atoms with Crippen LogP contribution in [-0.4, -0.2) is 55.3 Å². The molecule has 3 N–H and O–H groups in total. The van der Waals surface area contributed by atoms with Crippen LogP contribution >= 0.6 is 0 Å². The predicted octanol–water partition coefficient (Wildman–Crippen LogP) is 0.626. The van der Waals surface area contributed by atoms with Crippen molar-refractivity contribution in [2.45, 2.75) is 6.92 Å². The van der Waals surface area contributed by atoms with E-state index in [1.165, 1.54) is 24.1 Å². The van der Waals surface area contributed by atoms with Gasteiger partial charge in [-0.15, -0.1) is 0 Å². The van der Waals surface area contributed by atoms with Gasteiger partial charge in [0.1, 0.15) is 6.54 Å². The van der Waals surface area contributed by atoms with Crippen molar-refractivity contribution in [2.24, 2.45) is 0 Å². The van der Waals surface area contributed by atoms with E-state index < -0.39 is 11.9 Å². The van der Waals surface area contributed by atoms with E-state index in [0.717, 1.165) is 0 Å². The lowest BCUT2D eigenvalue weighted by atomic mass is 10.1. The molecule has 0 bridgehead atoms. The minimum absolute atomic E-state index is 0.0374. The van der Waals surface area contributed by atoms with Crippen LogP contribution in [-0.2, 0) is 14.3 Å². The van der Waals surface area contributed by atoms with Gasteiger partial charge < -0.3 is 25.2 Å². The lowest BCUT2D eigenvalue weighted by molar-refractivity contribution is -0.143. The second kappa shape index (κ2) is 8.11. The quantitative estimate of drug-likeness (QED) is 0.434. The normalized spacial score (nSPS) is 10.2. The van der Waals surface area contributed by atoms with Gasteiger partial charge in [-0.2, -0.15) is 0 Å².